The fraction of sp³-hybridized carbons (Fsp3) is 0.800. The molecule has 5 nitrogen and oxygen atoms in total. The number of hydrogen-bond donors (Lipinski definition) is 2. The number of nitrogens with two attached hydrogens (primary N) is 1. The molecular weight excluding hydrogens is 232 g/mol. The van der Waals surface area contributed by atoms with E-state index in [1.807, 2.05) is 0 Å². The zero-order valence-electron chi connectivity index (χ0n) is 9.62. The third kappa shape index (κ3) is 3.35. The molecule has 0 atom stereocenters. The normalized spacial score (nSPS) is 28.8. The van der Waals surface area contributed by atoms with Crippen molar-refractivity contribution in [1.29, 1.82) is 0 Å². The predicted molar refractivity (Wildman–Crippen MR) is 62.3 cm³/mol. The lowest BCUT2D eigenvalue weighted by molar-refractivity contribution is -0.152. The van der Waals surface area contributed by atoms with Crippen LogP contribution in [0.4, 0.5) is 0 Å². The number of hydrogen-bond acceptors (Lipinski definition) is 4. The van der Waals surface area contributed by atoms with Crippen LogP contribution in [0.5, 0.6) is 0 Å². The van der Waals surface area contributed by atoms with Crippen molar-refractivity contribution in [2.24, 2.45) is 5.73 Å². The fourth-order valence-corrected chi connectivity index (χ4v) is 2.05. The van der Waals surface area contributed by atoms with Crippen LogP contribution >= 0.6 is 12.4 Å². The molecule has 1 amide bonds. The van der Waals surface area contributed by atoms with E-state index in [4.69, 9.17) is 10.5 Å². The fourth-order valence-electron chi connectivity index (χ4n) is 2.05. The van der Waals surface area contributed by atoms with Crippen LogP contribution in [0.1, 0.15) is 32.6 Å². The van der Waals surface area contributed by atoms with Crippen molar-refractivity contribution in [2.75, 3.05) is 7.11 Å². The highest BCUT2D eigenvalue weighted by molar-refractivity contribution is 5.87. The number of methoxy groups -OCH3 is 1. The lowest BCUT2D eigenvalue weighted by atomic mass is 9.79. The van der Waals surface area contributed by atoms with Gasteiger partial charge in [0.25, 0.3) is 0 Å². The Morgan fingerprint density at radius 3 is 2.25 bits per heavy atom. The highest BCUT2D eigenvalue weighted by Gasteiger charge is 2.42. The largest absolute Gasteiger partial charge is 0.467 e. The lowest BCUT2D eigenvalue weighted by Gasteiger charge is -2.37. The van der Waals surface area contributed by atoms with Gasteiger partial charge in [-0.15, -0.1) is 12.4 Å². The summed E-state index contributed by atoms with van der Waals surface area (Å²) in [6.07, 6.45) is 2.58. The number of esters is 1. The number of carbonyl (C=O) groups is 2. The van der Waals surface area contributed by atoms with Gasteiger partial charge >= 0.3 is 5.97 Å². The van der Waals surface area contributed by atoms with E-state index in [1.54, 1.807) is 0 Å². The van der Waals surface area contributed by atoms with Crippen LogP contribution in [0.25, 0.3) is 0 Å². The zero-order valence-corrected chi connectivity index (χ0v) is 10.4. The van der Waals surface area contributed by atoms with E-state index in [0.717, 1.165) is 12.8 Å². The quantitative estimate of drug-likeness (QED) is 0.694. The molecule has 1 fully saturated rings. The molecule has 16 heavy (non-hydrogen) atoms. The molecule has 0 saturated heterocycles. The number of nitrogens with one attached hydrogen (secondary N) is 1. The molecule has 0 heterocycles. The smallest absolute Gasteiger partial charge is 0.331 e. The van der Waals surface area contributed by atoms with Gasteiger partial charge in [-0.2, -0.15) is 0 Å². The summed E-state index contributed by atoms with van der Waals surface area (Å²) in [6, 6.07) is 0.122. The number of ether oxygens (including phenoxy) is 1. The van der Waals surface area contributed by atoms with Gasteiger partial charge in [-0.1, -0.05) is 0 Å². The van der Waals surface area contributed by atoms with E-state index < -0.39 is 5.54 Å². The van der Waals surface area contributed by atoms with E-state index in [0.29, 0.717) is 12.8 Å². The second-order valence-electron chi connectivity index (χ2n) is 4.09. The monoisotopic (exact) mass is 250 g/mol. The summed E-state index contributed by atoms with van der Waals surface area (Å²) in [7, 11) is 1.33. The van der Waals surface area contributed by atoms with E-state index in [-0.39, 0.29) is 30.3 Å². The first-order valence-corrected chi connectivity index (χ1v) is 5.13. The Hall–Kier alpha value is -0.810. The average molecular weight is 251 g/mol. The number of carbonyl (C=O) groups excluding carboxylic acids is 2. The van der Waals surface area contributed by atoms with Gasteiger partial charge in [-0.3, -0.25) is 4.79 Å². The number of rotatable bonds is 2. The molecule has 0 aromatic heterocycles. The topological polar surface area (TPSA) is 81.4 Å². The molecule has 1 aliphatic carbocycles. The lowest BCUT2D eigenvalue weighted by Crippen LogP contribution is -2.57. The van der Waals surface area contributed by atoms with Crippen molar-refractivity contribution < 1.29 is 14.3 Å². The minimum Gasteiger partial charge on any atom is -0.467 e. The Balaban J connectivity index is 0.00000225. The summed E-state index contributed by atoms with van der Waals surface area (Å²) in [5.74, 6) is -0.583. The second kappa shape index (κ2) is 6.06. The van der Waals surface area contributed by atoms with Gasteiger partial charge < -0.3 is 15.8 Å². The first kappa shape index (κ1) is 15.2. The zero-order chi connectivity index (χ0) is 11.5. The van der Waals surface area contributed by atoms with Crippen molar-refractivity contribution in [1.82, 2.24) is 5.32 Å². The van der Waals surface area contributed by atoms with Gasteiger partial charge in [0, 0.05) is 13.0 Å². The third-order valence-electron chi connectivity index (χ3n) is 2.88. The molecule has 1 saturated carbocycles. The van der Waals surface area contributed by atoms with Crippen molar-refractivity contribution >= 4 is 24.3 Å². The van der Waals surface area contributed by atoms with Crippen LogP contribution < -0.4 is 11.1 Å². The summed E-state index contributed by atoms with van der Waals surface area (Å²) in [4.78, 5) is 22.7. The molecule has 0 radical (unpaired) electrons. The van der Waals surface area contributed by atoms with E-state index in [9.17, 15) is 9.59 Å². The molecule has 1 aliphatic rings. The molecule has 6 heteroatoms. The Bertz CT molecular complexity index is 263. The maximum absolute atomic E-state index is 11.7. The van der Waals surface area contributed by atoms with Crippen molar-refractivity contribution in [3.63, 3.8) is 0 Å². The van der Waals surface area contributed by atoms with Crippen molar-refractivity contribution in [2.45, 2.75) is 44.2 Å². The standard InChI is InChI=1S/C10H18N2O3.ClH/c1-7(13)12-10(9(14)15-2)5-3-8(11)4-6-10;/h8H,3-6,11H2,1-2H3,(H,12,13);1H/t8-,10+;. The molecule has 3 N–H and O–H groups in total. The number of amides is 1. The Morgan fingerprint density at radius 2 is 1.88 bits per heavy atom. The van der Waals surface area contributed by atoms with Crippen LogP contribution in [0.3, 0.4) is 0 Å². The molecule has 0 aliphatic heterocycles. The van der Waals surface area contributed by atoms with Gasteiger partial charge in [-0.25, -0.2) is 4.79 Å². The second-order valence-corrected chi connectivity index (χ2v) is 4.09. The minimum atomic E-state index is -0.851. The molecular formula is C10H19ClN2O3. The first-order chi connectivity index (χ1) is 7.00. The molecule has 0 bridgehead atoms. The van der Waals surface area contributed by atoms with E-state index >= 15 is 0 Å². The molecule has 0 unspecified atom stereocenters. The van der Waals surface area contributed by atoms with Gasteiger partial charge in [0.15, 0.2) is 0 Å². The Labute approximate surface area is 101 Å². The van der Waals surface area contributed by atoms with Gasteiger partial charge in [0.1, 0.15) is 5.54 Å². The highest BCUT2D eigenvalue weighted by atomic mass is 35.5. The first-order valence-electron chi connectivity index (χ1n) is 5.13. The van der Waals surface area contributed by atoms with Crippen LogP contribution in [-0.4, -0.2) is 30.6 Å². The summed E-state index contributed by atoms with van der Waals surface area (Å²) < 4.78 is 4.73. The highest BCUT2D eigenvalue weighted by Crippen LogP contribution is 2.28. The van der Waals surface area contributed by atoms with Gasteiger partial charge in [0.05, 0.1) is 7.11 Å². The molecule has 0 aromatic rings. The maximum Gasteiger partial charge on any atom is 0.331 e. The maximum atomic E-state index is 11.7. The predicted octanol–water partition coefficient (Wildman–Crippen LogP) is 0.357. The minimum absolute atomic E-state index is 0. The summed E-state index contributed by atoms with van der Waals surface area (Å²) in [5, 5.41) is 2.70. The van der Waals surface area contributed by atoms with Crippen LogP contribution in [0.15, 0.2) is 0 Å². The van der Waals surface area contributed by atoms with Crippen LogP contribution in [-0.2, 0) is 14.3 Å². The third-order valence-corrected chi connectivity index (χ3v) is 2.88. The molecule has 0 aromatic carbocycles. The molecule has 0 spiro atoms. The Morgan fingerprint density at radius 1 is 1.38 bits per heavy atom. The molecule has 94 valence electrons. The average Bonchev–Trinajstić information content (AvgIpc) is 2.20. The SMILES string of the molecule is COC(=O)[C@]1(NC(C)=O)CC[C@@H](N)CC1.Cl. The van der Waals surface area contributed by atoms with Crippen molar-refractivity contribution in [3.8, 4) is 0 Å². The van der Waals surface area contributed by atoms with Crippen molar-refractivity contribution in [3.05, 3.63) is 0 Å². The Kier molecular flexibility index (Phi) is 5.75. The summed E-state index contributed by atoms with van der Waals surface area (Å²) in [5.41, 5.74) is 4.91. The summed E-state index contributed by atoms with van der Waals surface area (Å²) >= 11 is 0. The van der Waals surface area contributed by atoms with Crippen LogP contribution in [0.2, 0.25) is 0 Å². The van der Waals surface area contributed by atoms with Gasteiger partial charge in [-0.05, 0) is 25.7 Å². The van der Waals surface area contributed by atoms with Crippen LogP contribution in [0, 0.1) is 0 Å². The summed E-state index contributed by atoms with van der Waals surface area (Å²) in [6.45, 7) is 1.40. The van der Waals surface area contributed by atoms with E-state index in [2.05, 4.69) is 5.32 Å². The molecule has 1 rings (SSSR count). The van der Waals surface area contributed by atoms with Gasteiger partial charge in [0.2, 0.25) is 5.91 Å². The number of halogens is 1. The van der Waals surface area contributed by atoms with E-state index in [1.165, 1.54) is 14.0 Å².